The molecule has 3 aromatic heterocycles. The highest BCUT2D eigenvalue weighted by Gasteiger charge is 2.38. The van der Waals surface area contributed by atoms with Crippen LogP contribution in [-0.2, 0) is 6.42 Å². The van der Waals surface area contributed by atoms with E-state index in [2.05, 4.69) is 20.5 Å². The second-order valence-corrected chi connectivity index (χ2v) is 9.70. The predicted molar refractivity (Wildman–Crippen MR) is 135 cm³/mol. The molecule has 1 fully saturated rings. The van der Waals surface area contributed by atoms with Crippen molar-refractivity contribution in [2.24, 2.45) is 0 Å². The number of rotatable bonds is 5. The van der Waals surface area contributed by atoms with Crippen LogP contribution in [0.2, 0.25) is 0 Å². The van der Waals surface area contributed by atoms with E-state index in [1.807, 2.05) is 41.1 Å². The molecule has 2 atom stereocenters. The van der Waals surface area contributed by atoms with Crippen LogP contribution >= 0.6 is 0 Å². The summed E-state index contributed by atoms with van der Waals surface area (Å²) in [5, 5.41) is 22.0. The summed E-state index contributed by atoms with van der Waals surface area (Å²) in [4.78, 5) is 17.8. The highest BCUT2D eigenvalue weighted by atomic mass is 19.1. The summed E-state index contributed by atoms with van der Waals surface area (Å²) in [6.07, 6.45) is 7.86. The first-order valence-corrected chi connectivity index (χ1v) is 12.1. The Bertz CT molecular complexity index is 1570. The Morgan fingerprint density at radius 3 is 2.97 bits per heavy atom. The van der Waals surface area contributed by atoms with E-state index in [0.717, 1.165) is 34.2 Å². The molecule has 6 rings (SSSR count). The maximum Gasteiger partial charge on any atom is 0.251 e. The molecule has 1 amide bonds. The number of imidazole rings is 1. The molecular formula is C28H26FN5O2. The van der Waals surface area contributed by atoms with E-state index in [1.54, 1.807) is 30.5 Å². The Morgan fingerprint density at radius 2 is 2.11 bits per heavy atom. The summed E-state index contributed by atoms with van der Waals surface area (Å²) in [6.45, 7) is 0. The normalized spacial score (nSPS) is 20.1. The number of aliphatic hydroxyl groups excluding tert-OH is 1. The molecule has 0 bridgehead atoms. The van der Waals surface area contributed by atoms with Crippen LogP contribution in [-0.4, -0.2) is 42.2 Å². The molecule has 0 unspecified atom stereocenters. The molecule has 7 nitrogen and oxygen atoms in total. The maximum absolute atomic E-state index is 14.5. The van der Waals surface area contributed by atoms with Gasteiger partial charge < -0.3 is 14.8 Å². The molecule has 5 aromatic rings. The average molecular weight is 484 g/mol. The van der Waals surface area contributed by atoms with Crippen molar-refractivity contribution in [3.05, 3.63) is 90.1 Å². The molecular weight excluding hydrogens is 457 g/mol. The van der Waals surface area contributed by atoms with Gasteiger partial charge in [-0.15, -0.1) is 0 Å². The third kappa shape index (κ3) is 4.13. The fourth-order valence-corrected chi connectivity index (χ4v) is 5.40. The van der Waals surface area contributed by atoms with Crippen molar-refractivity contribution in [1.29, 1.82) is 0 Å². The number of amides is 1. The van der Waals surface area contributed by atoms with Gasteiger partial charge in [0.2, 0.25) is 0 Å². The SMILES string of the molecule is O=C(N[C@@]1(Cc2ccccc2F)CCC[C@H](O)C1)c1ccc2[nH]nc(-c3ccc4nccn4c3)c2c1. The first-order chi connectivity index (χ1) is 17.5. The van der Waals surface area contributed by atoms with Crippen LogP contribution in [0, 0.1) is 5.82 Å². The number of aliphatic hydroxyl groups is 1. The number of aromatic amines is 1. The van der Waals surface area contributed by atoms with Gasteiger partial charge in [-0.05, 0) is 74.1 Å². The topological polar surface area (TPSA) is 95.3 Å². The number of fused-ring (bicyclic) bond motifs is 2. The number of carbonyl (C=O) groups is 1. The zero-order chi connectivity index (χ0) is 24.7. The fourth-order valence-electron chi connectivity index (χ4n) is 5.40. The van der Waals surface area contributed by atoms with Gasteiger partial charge in [0.15, 0.2) is 0 Å². The number of carbonyl (C=O) groups excluding carboxylic acids is 1. The molecule has 0 aliphatic heterocycles. The molecule has 0 spiro atoms. The van der Waals surface area contributed by atoms with E-state index in [-0.39, 0.29) is 11.7 Å². The zero-order valence-corrected chi connectivity index (χ0v) is 19.6. The van der Waals surface area contributed by atoms with Gasteiger partial charge in [0, 0.05) is 40.6 Å². The first kappa shape index (κ1) is 22.4. The minimum atomic E-state index is -0.725. The zero-order valence-electron chi connectivity index (χ0n) is 19.6. The van der Waals surface area contributed by atoms with Gasteiger partial charge in [0.25, 0.3) is 5.91 Å². The number of benzene rings is 2. The summed E-state index contributed by atoms with van der Waals surface area (Å²) in [5.41, 5.74) is 3.60. The number of halogens is 1. The highest BCUT2D eigenvalue weighted by Crippen LogP contribution is 2.33. The molecule has 1 aliphatic rings. The Balaban J connectivity index is 1.33. The van der Waals surface area contributed by atoms with E-state index >= 15 is 0 Å². The van der Waals surface area contributed by atoms with Crippen LogP contribution < -0.4 is 5.32 Å². The lowest BCUT2D eigenvalue weighted by Crippen LogP contribution is -2.54. The number of H-pyrrole nitrogens is 1. The number of aromatic nitrogens is 4. The molecule has 36 heavy (non-hydrogen) atoms. The number of pyridine rings is 1. The van der Waals surface area contributed by atoms with Crippen molar-refractivity contribution in [3.8, 4) is 11.3 Å². The first-order valence-electron chi connectivity index (χ1n) is 12.1. The van der Waals surface area contributed by atoms with Crippen LogP contribution in [0.15, 0.2) is 73.2 Å². The monoisotopic (exact) mass is 483 g/mol. The summed E-state index contributed by atoms with van der Waals surface area (Å²) < 4.78 is 16.4. The lowest BCUT2D eigenvalue weighted by molar-refractivity contribution is 0.0603. The number of nitrogens with zero attached hydrogens (tertiary/aromatic N) is 3. The van der Waals surface area contributed by atoms with Crippen LogP contribution in [0.4, 0.5) is 4.39 Å². The van der Waals surface area contributed by atoms with Crippen molar-refractivity contribution in [3.63, 3.8) is 0 Å². The maximum atomic E-state index is 14.5. The Morgan fingerprint density at radius 1 is 1.22 bits per heavy atom. The predicted octanol–water partition coefficient (Wildman–Crippen LogP) is 4.66. The molecule has 3 heterocycles. The fraction of sp³-hybridized carbons (Fsp3) is 0.250. The Labute approximate surface area is 207 Å². The lowest BCUT2D eigenvalue weighted by atomic mass is 9.76. The van der Waals surface area contributed by atoms with E-state index < -0.39 is 11.6 Å². The van der Waals surface area contributed by atoms with Crippen molar-refractivity contribution in [1.82, 2.24) is 24.9 Å². The Hall–Kier alpha value is -4.04. The van der Waals surface area contributed by atoms with Gasteiger partial charge >= 0.3 is 0 Å². The third-order valence-corrected chi connectivity index (χ3v) is 7.17. The van der Waals surface area contributed by atoms with E-state index in [9.17, 15) is 14.3 Å². The quantitative estimate of drug-likeness (QED) is 0.339. The second-order valence-electron chi connectivity index (χ2n) is 9.70. The van der Waals surface area contributed by atoms with Gasteiger partial charge in [0.05, 0.1) is 11.6 Å². The summed E-state index contributed by atoms with van der Waals surface area (Å²) in [6, 6.07) is 15.9. The molecule has 182 valence electrons. The Kier molecular flexibility index (Phi) is 5.53. The van der Waals surface area contributed by atoms with Crippen molar-refractivity contribution in [2.75, 3.05) is 0 Å². The van der Waals surface area contributed by atoms with Crippen LogP contribution in [0.5, 0.6) is 0 Å². The molecule has 3 N–H and O–H groups in total. The van der Waals surface area contributed by atoms with E-state index in [4.69, 9.17) is 0 Å². The van der Waals surface area contributed by atoms with Crippen molar-refractivity contribution < 1.29 is 14.3 Å². The summed E-state index contributed by atoms with van der Waals surface area (Å²) in [5.74, 6) is -0.551. The van der Waals surface area contributed by atoms with Gasteiger partial charge in [-0.25, -0.2) is 9.37 Å². The molecule has 8 heteroatoms. The highest BCUT2D eigenvalue weighted by molar-refractivity contribution is 6.01. The number of nitrogens with one attached hydrogen (secondary N) is 2. The second kappa shape index (κ2) is 8.87. The van der Waals surface area contributed by atoms with Gasteiger partial charge in [-0.3, -0.25) is 9.89 Å². The van der Waals surface area contributed by atoms with Crippen LogP contribution in [0.25, 0.3) is 27.8 Å². The summed E-state index contributed by atoms with van der Waals surface area (Å²) in [7, 11) is 0. The van der Waals surface area contributed by atoms with Crippen LogP contribution in [0.1, 0.15) is 41.6 Å². The molecule has 1 saturated carbocycles. The summed E-state index contributed by atoms with van der Waals surface area (Å²) >= 11 is 0. The van der Waals surface area contributed by atoms with Gasteiger partial charge in [-0.1, -0.05) is 18.2 Å². The number of hydrogen-bond donors (Lipinski definition) is 3. The molecule has 2 aromatic carbocycles. The minimum absolute atomic E-state index is 0.250. The van der Waals surface area contributed by atoms with Gasteiger partial charge in [0.1, 0.15) is 17.2 Å². The lowest BCUT2D eigenvalue weighted by Gasteiger charge is -2.40. The molecule has 0 saturated heterocycles. The van der Waals surface area contributed by atoms with Gasteiger partial charge in [-0.2, -0.15) is 5.10 Å². The molecule has 0 radical (unpaired) electrons. The average Bonchev–Trinajstić information content (AvgIpc) is 3.51. The minimum Gasteiger partial charge on any atom is -0.393 e. The standard InChI is InChI=1S/C28H26FN5O2/c29-23-6-2-1-4-19(23)15-28(11-3-5-21(35)16-28)31-27(36)18-7-9-24-22(14-18)26(33-32-24)20-8-10-25-30-12-13-34(25)17-20/h1-2,4,6-10,12-14,17,21,35H,3,5,11,15-16H2,(H,31,36)(H,32,33)/t21-,28+/m0/s1. The smallest absolute Gasteiger partial charge is 0.251 e. The van der Waals surface area contributed by atoms with Crippen LogP contribution in [0.3, 0.4) is 0 Å². The molecule has 1 aliphatic carbocycles. The van der Waals surface area contributed by atoms with E-state index in [0.29, 0.717) is 36.8 Å². The largest absolute Gasteiger partial charge is 0.393 e. The van der Waals surface area contributed by atoms with Crippen molar-refractivity contribution in [2.45, 2.75) is 43.7 Å². The number of hydrogen-bond acceptors (Lipinski definition) is 4. The van der Waals surface area contributed by atoms with Crippen molar-refractivity contribution >= 4 is 22.5 Å². The third-order valence-electron chi connectivity index (χ3n) is 7.17. The van der Waals surface area contributed by atoms with E-state index in [1.165, 1.54) is 6.07 Å².